The molecule has 0 atom stereocenters. The third-order valence-corrected chi connectivity index (χ3v) is 4.40. The fraction of sp³-hybridized carbons (Fsp3) is 0.211. The van der Waals surface area contributed by atoms with Gasteiger partial charge in [0.05, 0.1) is 17.1 Å². The molecule has 9 heteroatoms. The Balaban J connectivity index is 1.74. The quantitative estimate of drug-likeness (QED) is 0.599. The molecule has 0 aliphatic heterocycles. The lowest BCUT2D eigenvalue weighted by Gasteiger charge is -2.10. The first-order chi connectivity index (χ1) is 13.2. The fourth-order valence-electron chi connectivity index (χ4n) is 2.15. The standard InChI is InChI=1S/C19H17Cl3N2O4/c1-11-2-3-12(20)8-15(11)23-18(26)10-28-19(27)7-6-17(25)24-16-9-13(21)4-5-14(16)22/h2-5,8-9H,6-7,10H2,1H3,(H,23,26)(H,24,25). The van der Waals surface area contributed by atoms with E-state index in [1.54, 1.807) is 30.3 Å². The van der Waals surface area contributed by atoms with Crippen LogP contribution in [0.25, 0.3) is 0 Å². The van der Waals surface area contributed by atoms with Crippen molar-refractivity contribution in [2.45, 2.75) is 19.8 Å². The van der Waals surface area contributed by atoms with Crippen molar-refractivity contribution in [3.05, 3.63) is 57.0 Å². The molecule has 0 unspecified atom stereocenters. The Morgan fingerprint density at radius 2 is 1.46 bits per heavy atom. The molecule has 2 aromatic carbocycles. The molecule has 2 rings (SSSR count). The van der Waals surface area contributed by atoms with Crippen LogP contribution in [0.15, 0.2) is 36.4 Å². The molecule has 0 aromatic heterocycles. The van der Waals surface area contributed by atoms with Gasteiger partial charge in [-0.2, -0.15) is 0 Å². The zero-order chi connectivity index (χ0) is 20.7. The molecule has 0 radical (unpaired) electrons. The number of esters is 1. The molecule has 0 bridgehead atoms. The second kappa shape index (κ2) is 10.3. The molecule has 2 amide bonds. The first-order valence-electron chi connectivity index (χ1n) is 8.21. The van der Waals surface area contributed by atoms with E-state index >= 15 is 0 Å². The van der Waals surface area contributed by atoms with E-state index in [0.29, 0.717) is 26.4 Å². The van der Waals surface area contributed by atoms with Gasteiger partial charge in [0, 0.05) is 22.2 Å². The van der Waals surface area contributed by atoms with Crippen LogP contribution in [0.2, 0.25) is 15.1 Å². The van der Waals surface area contributed by atoms with Crippen molar-refractivity contribution in [3.63, 3.8) is 0 Å². The molecule has 148 valence electrons. The van der Waals surface area contributed by atoms with E-state index in [9.17, 15) is 14.4 Å². The van der Waals surface area contributed by atoms with E-state index in [1.165, 1.54) is 6.07 Å². The smallest absolute Gasteiger partial charge is 0.306 e. The summed E-state index contributed by atoms with van der Waals surface area (Å²) < 4.78 is 4.88. The molecule has 0 aliphatic carbocycles. The number of amides is 2. The average Bonchev–Trinajstić information content (AvgIpc) is 2.64. The first kappa shape index (κ1) is 22.0. The topological polar surface area (TPSA) is 84.5 Å². The van der Waals surface area contributed by atoms with E-state index in [2.05, 4.69) is 10.6 Å². The summed E-state index contributed by atoms with van der Waals surface area (Å²) >= 11 is 17.7. The van der Waals surface area contributed by atoms with Crippen molar-refractivity contribution in [3.8, 4) is 0 Å². The van der Waals surface area contributed by atoms with E-state index in [1.807, 2.05) is 6.92 Å². The summed E-state index contributed by atoms with van der Waals surface area (Å²) in [6.07, 6.45) is -0.315. The maximum atomic E-state index is 11.9. The van der Waals surface area contributed by atoms with Crippen LogP contribution < -0.4 is 10.6 Å². The molecule has 0 spiro atoms. The van der Waals surface area contributed by atoms with Gasteiger partial charge in [-0.15, -0.1) is 0 Å². The van der Waals surface area contributed by atoms with Crippen LogP contribution in [0.3, 0.4) is 0 Å². The number of anilines is 2. The highest BCUT2D eigenvalue weighted by Crippen LogP contribution is 2.25. The third-order valence-electron chi connectivity index (χ3n) is 3.60. The lowest BCUT2D eigenvalue weighted by atomic mass is 10.2. The summed E-state index contributed by atoms with van der Waals surface area (Å²) in [4.78, 5) is 35.6. The highest BCUT2D eigenvalue weighted by molar-refractivity contribution is 6.35. The lowest BCUT2D eigenvalue weighted by Crippen LogP contribution is -2.22. The second-order valence-electron chi connectivity index (χ2n) is 5.84. The van der Waals surface area contributed by atoms with Gasteiger partial charge in [-0.3, -0.25) is 14.4 Å². The SMILES string of the molecule is Cc1ccc(Cl)cc1NC(=O)COC(=O)CCC(=O)Nc1cc(Cl)ccc1Cl. The van der Waals surface area contributed by atoms with E-state index in [-0.39, 0.29) is 12.8 Å². The van der Waals surface area contributed by atoms with Gasteiger partial charge in [0.1, 0.15) is 0 Å². The Bertz CT molecular complexity index is 831. The van der Waals surface area contributed by atoms with E-state index in [0.717, 1.165) is 5.56 Å². The molecule has 0 aliphatic rings. The third kappa shape index (κ3) is 7.03. The molecule has 0 saturated carbocycles. The number of carbonyl (C=O) groups is 3. The van der Waals surface area contributed by atoms with Gasteiger partial charge < -0.3 is 15.4 Å². The van der Waals surface area contributed by atoms with Crippen LogP contribution in [0.5, 0.6) is 0 Å². The number of rotatable bonds is 7. The minimum Gasteiger partial charge on any atom is -0.456 e. The normalized spacial score (nSPS) is 10.3. The number of nitrogens with one attached hydrogen (secondary N) is 2. The summed E-state index contributed by atoms with van der Waals surface area (Å²) in [5.41, 5.74) is 1.70. The predicted molar refractivity (Wildman–Crippen MR) is 110 cm³/mol. The van der Waals surface area contributed by atoms with Crippen LogP contribution in [-0.4, -0.2) is 24.4 Å². The summed E-state index contributed by atoms with van der Waals surface area (Å²) in [7, 11) is 0. The number of carbonyl (C=O) groups excluding carboxylic acids is 3. The maximum absolute atomic E-state index is 11.9. The van der Waals surface area contributed by atoms with Gasteiger partial charge in [0.2, 0.25) is 5.91 Å². The average molecular weight is 444 g/mol. The van der Waals surface area contributed by atoms with Gasteiger partial charge in [0.25, 0.3) is 5.91 Å². The van der Waals surface area contributed by atoms with Gasteiger partial charge in [0.15, 0.2) is 6.61 Å². The minimum atomic E-state index is -0.676. The molecule has 0 fully saturated rings. The fourth-order valence-corrected chi connectivity index (χ4v) is 2.66. The number of hydrogen-bond acceptors (Lipinski definition) is 4. The van der Waals surface area contributed by atoms with Crippen LogP contribution in [-0.2, 0) is 19.1 Å². The second-order valence-corrected chi connectivity index (χ2v) is 7.12. The summed E-state index contributed by atoms with van der Waals surface area (Å²) in [5, 5.41) is 6.39. The number of ether oxygens (including phenoxy) is 1. The maximum Gasteiger partial charge on any atom is 0.306 e. The minimum absolute atomic E-state index is 0.128. The predicted octanol–water partition coefficient (Wildman–Crippen LogP) is 4.86. The molecule has 0 heterocycles. The molecule has 2 aromatic rings. The first-order valence-corrected chi connectivity index (χ1v) is 9.34. The van der Waals surface area contributed by atoms with E-state index < -0.39 is 24.4 Å². The van der Waals surface area contributed by atoms with Crippen LogP contribution >= 0.6 is 34.8 Å². The Morgan fingerprint density at radius 1 is 0.857 bits per heavy atom. The summed E-state index contributed by atoms with van der Waals surface area (Å²) in [6, 6.07) is 9.70. The van der Waals surface area contributed by atoms with Gasteiger partial charge in [-0.25, -0.2) is 0 Å². The Labute approximate surface area is 177 Å². The molecule has 6 nitrogen and oxygen atoms in total. The van der Waals surface area contributed by atoms with Gasteiger partial charge in [-0.05, 0) is 42.8 Å². The highest BCUT2D eigenvalue weighted by atomic mass is 35.5. The summed E-state index contributed by atoms with van der Waals surface area (Å²) in [5.74, 6) is -1.61. The lowest BCUT2D eigenvalue weighted by molar-refractivity contribution is -0.147. The highest BCUT2D eigenvalue weighted by Gasteiger charge is 2.13. The monoisotopic (exact) mass is 442 g/mol. The summed E-state index contributed by atoms with van der Waals surface area (Å²) in [6.45, 7) is 1.34. The Kier molecular flexibility index (Phi) is 8.11. The number of hydrogen-bond donors (Lipinski definition) is 2. The van der Waals surface area contributed by atoms with Crippen LogP contribution in [0.4, 0.5) is 11.4 Å². The molecule has 0 saturated heterocycles. The van der Waals surface area contributed by atoms with Crippen molar-refractivity contribution in [2.24, 2.45) is 0 Å². The Morgan fingerprint density at radius 3 is 2.18 bits per heavy atom. The van der Waals surface area contributed by atoms with Crippen molar-refractivity contribution in [1.29, 1.82) is 0 Å². The number of aryl methyl sites for hydroxylation is 1. The zero-order valence-corrected chi connectivity index (χ0v) is 17.1. The van der Waals surface area contributed by atoms with Crippen LogP contribution in [0, 0.1) is 6.92 Å². The van der Waals surface area contributed by atoms with Gasteiger partial charge in [-0.1, -0.05) is 40.9 Å². The van der Waals surface area contributed by atoms with Crippen molar-refractivity contribution in [1.82, 2.24) is 0 Å². The van der Waals surface area contributed by atoms with E-state index in [4.69, 9.17) is 39.5 Å². The van der Waals surface area contributed by atoms with Crippen molar-refractivity contribution >= 4 is 64.0 Å². The van der Waals surface area contributed by atoms with Gasteiger partial charge >= 0.3 is 5.97 Å². The van der Waals surface area contributed by atoms with Crippen molar-refractivity contribution in [2.75, 3.05) is 17.2 Å². The molecular weight excluding hydrogens is 427 g/mol. The van der Waals surface area contributed by atoms with Crippen LogP contribution in [0.1, 0.15) is 18.4 Å². The van der Waals surface area contributed by atoms with Crippen molar-refractivity contribution < 1.29 is 19.1 Å². The zero-order valence-electron chi connectivity index (χ0n) is 14.9. The number of halogens is 3. The molecular formula is C19H17Cl3N2O4. The largest absolute Gasteiger partial charge is 0.456 e. The molecule has 2 N–H and O–H groups in total. The Hall–Kier alpha value is -2.28. The number of benzene rings is 2. The molecule has 28 heavy (non-hydrogen) atoms.